The van der Waals surface area contributed by atoms with Crippen LogP contribution >= 0.6 is 15.9 Å². The molecule has 0 unspecified atom stereocenters. The van der Waals surface area contributed by atoms with Crippen LogP contribution in [0.5, 0.6) is 0 Å². The number of fused-ring (bicyclic) bond motifs is 3. The van der Waals surface area contributed by atoms with E-state index in [1.165, 1.54) is 16.0 Å². The summed E-state index contributed by atoms with van der Waals surface area (Å²) in [7, 11) is 1.80. The molecule has 0 saturated carbocycles. The fraction of sp³-hybridized carbons (Fsp3) is 0.292. The Kier molecular flexibility index (Phi) is 5.46. The third-order valence-electron chi connectivity index (χ3n) is 6.21. The van der Waals surface area contributed by atoms with Gasteiger partial charge < -0.3 is 24.0 Å². The fourth-order valence-electron chi connectivity index (χ4n) is 4.73. The molecule has 0 radical (unpaired) electrons. The third-order valence-corrected chi connectivity index (χ3v) is 6.60. The molecule has 5 rings (SSSR count). The van der Waals surface area contributed by atoms with Crippen LogP contribution in [0.2, 0.25) is 0 Å². The highest BCUT2D eigenvalue weighted by Gasteiger charge is 2.52. The molecule has 0 spiro atoms. The highest BCUT2D eigenvalue weighted by atomic mass is 79.9. The lowest BCUT2D eigenvalue weighted by Gasteiger charge is -2.47. The number of hydrogen-bond donors (Lipinski definition) is 1. The zero-order valence-electron chi connectivity index (χ0n) is 17.9. The summed E-state index contributed by atoms with van der Waals surface area (Å²) in [6.45, 7) is 0.0613. The minimum Gasteiger partial charge on any atom is -0.480 e. The van der Waals surface area contributed by atoms with Crippen molar-refractivity contribution in [2.75, 3.05) is 26.3 Å². The van der Waals surface area contributed by atoms with Gasteiger partial charge in [-0.05, 0) is 38.2 Å². The van der Waals surface area contributed by atoms with E-state index in [1.54, 1.807) is 17.8 Å². The summed E-state index contributed by atoms with van der Waals surface area (Å²) in [6.07, 6.45) is 1.30. The first kappa shape index (κ1) is 21.7. The van der Waals surface area contributed by atoms with Gasteiger partial charge in [-0.1, -0.05) is 48.5 Å². The molecular formula is C24H22BrN3O5. The summed E-state index contributed by atoms with van der Waals surface area (Å²) in [4.78, 5) is 29.9. The van der Waals surface area contributed by atoms with Crippen molar-refractivity contribution in [3.63, 3.8) is 0 Å². The maximum absolute atomic E-state index is 12.8. The number of likely N-dealkylation sites (tertiary alicyclic amines) is 1. The van der Waals surface area contributed by atoms with Crippen LogP contribution in [-0.4, -0.2) is 57.9 Å². The van der Waals surface area contributed by atoms with Crippen LogP contribution in [0.1, 0.15) is 22.9 Å². The van der Waals surface area contributed by atoms with Crippen molar-refractivity contribution in [3.8, 4) is 11.1 Å². The average molecular weight is 512 g/mol. The van der Waals surface area contributed by atoms with E-state index in [4.69, 9.17) is 14.6 Å². The molecule has 1 amide bonds. The molecule has 2 aliphatic rings. The molecule has 9 heteroatoms. The van der Waals surface area contributed by atoms with Gasteiger partial charge in [-0.2, -0.15) is 0 Å². The number of carboxylic acid groups (broad SMARTS) is 1. The lowest BCUT2D eigenvalue weighted by molar-refractivity contribution is -0.171. The smallest absolute Gasteiger partial charge is 0.410 e. The number of imidazole rings is 1. The Hall–Kier alpha value is -3.17. The number of aryl methyl sites for hydroxylation is 1. The van der Waals surface area contributed by atoms with Crippen molar-refractivity contribution in [1.82, 2.24) is 14.5 Å². The molecule has 2 aromatic carbocycles. The van der Waals surface area contributed by atoms with Crippen molar-refractivity contribution >= 4 is 28.0 Å². The number of carbonyl (C=O) groups excluding carboxylic acids is 1. The predicted molar refractivity (Wildman–Crippen MR) is 123 cm³/mol. The normalized spacial score (nSPS) is 16.1. The van der Waals surface area contributed by atoms with E-state index in [0.29, 0.717) is 10.4 Å². The molecule has 0 atom stereocenters. The van der Waals surface area contributed by atoms with Gasteiger partial charge in [0.15, 0.2) is 5.60 Å². The molecule has 1 fully saturated rings. The molecule has 2 heterocycles. The molecule has 1 N–H and O–H groups in total. The Labute approximate surface area is 198 Å². The van der Waals surface area contributed by atoms with Gasteiger partial charge in [0.25, 0.3) is 0 Å². The van der Waals surface area contributed by atoms with Gasteiger partial charge in [-0.15, -0.1) is 0 Å². The Bertz CT molecular complexity index is 1190. The summed E-state index contributed by atoms with van der Waals surface area (Å²) in [6, 6.07) is 16.3. The van der Waals surface area contributed by atoms with E-state index in [-0.39, 0.29) is 25.6 Å². The second-order valence-corrected chi connectivity index (χ2v) is 9.15. The fourth-order valence-corrected chi connectivity index (χ4v) is 5.21. The monoisotopic (exact) mass is 511 g/mol. The van der Waals surface area contributed by atoms with Crippen LogP contribution in [-0.2, 0) is 26.9 Å². The second kappa shape index (κ2) is 8.31. The summed E-state index contributed by atoms with van der Waals surface area (Å²) in [5, 5.41) is 9.09. The number of rotatable bonds is 6. The molecule has 1 aromatic heterocycles. The Morgan fingerprint density at radius 1 is 1.12 bits per heavy atom. The third kappa shape index (κ3) is 3.81. The van der Waals surface area contributed by atoms with Crippen molar-refractivity contribution in [3.05, 3.63) is 76.3 Å². The minimum atomic E-state index is -1.08. The zero-order valence-corrected chi connectivity index (χ0v) is 19.5. The van der Waals surface area contributed by atoms with Crippen LogP contribution in [0, 0.1) is 0 Å². The Morgan fingerprint density at radius 2 is 1.73 bits per heavy atom. The number of aliphatic carboxylic acids is 1. The molecule has 8 nitrogen and oxygen atoms in total. The number of amides is 1. The van der Waals surface area contributed by atoms with E-state index >= 15 is 0 Å². The lowest BCUT2D eigenvalue weighted by Crippen LogP contribution is -2.64. The predicted octanol–water partition coefficient (Wildman–Crippen LogP) is 3.74. The van der Waals surface area contributed by atoms with E-state index in [9.17, 15) is 9.59 Å². The number of hydrogen-bond acceptors (Lipinski definition) is 5. The summed E-state index contributed by atoms with van der Waals surface area (Å²) in [5.74, 6) is -0.554. The maximum Gasteiger partial charge on any atom is 0.410 e. The average Bonchev–Trinajstić information content (AvgIpc) is 3.28. The standard InChI is InChI=1S/C24H22BrN3O5/c1-27-10-20(25)26-22(27)24(33-12-21(29)30)13-28(14-24)23(31)32-11-19-17-8-4-2-6-15(17)16-7-3-5-9-18(16)19/h2-10,19H,11-14H2,1H3,(H,29,30). The van der Waals surface area contributed by atoms with Crippen molar-refractivity contribution in [1.29, 1.82) is 0 Å². The van der Waals surface area contributed by atoms with Gasteiger partial charge in [0.05, 0.1) is 13.1 Å². The van der Waals surface area contributed by atoms with Gasteiger partial charge in [-0.25, -0.2) is 14.6 Å². The highest BCUT2D eigenvalue weighted by Crippen LogP contribution is 2.44. The van der Waals surface area contributed by atoms with Crippen molar-refractivity contribution in [2.45, 2.75) is 11.5 Å². The summed E-state index contributed by atoms with van der Waals surface area (Å²) in [5.41, 5.74) is 3.63. The van der Waals surface area contributed by atoms with Crippen LogP contribution < -0.4 is 0 Å². The Morgan fingerprint density at radius 3 is 2.27 bits per heavy atom. The second-order valence-electron chi connectivity index (χ2n) is 8.33. The maximum atomic E-state index is 12.8. The number of ether oxygens (including phenoxy) is 2. The van der Waals surface area contributed by atoms with Gasteiger partial charge >= 0.3 is 12.1 Å². The summed E-state index contributed by atoms with van der Waals surface area (Å²) < 4.78 is 13.8. The largest absolute Gasteiger partial charge is 0.480 e. The van der Waals surface area contributed by atoms with Crippen LogP contribution in [0.3, 0.4) is 0 Å². The SMILES string of the molecule is Cn1cc(Br)nc1C1(OCC(=O)O)CN(C(=O)OCC2c3ccccc3-c3ccccc32)C1. The molecule has 170 valence electrons. The van der Waals surface area contributed by atoms with Gasteiger partial charge in [0.2, 0.25) is 0 Å². The topological polar surface area (TPSA) is 93.9 Å². The quantitative estimate of drug-likeness (QED) is 0.541. The van der Waals surface area contributed by atoms with Crippen LogP contribution in [0.4, 0.5) is 4.79 Å². The molecule has 3 aromatic rings. The molecule has 1 aliphatic heterocycles. The van der Waals surface area contributed by atoms with Gasteiger partial charge in [-0.3, -0.25) is 0 Å². The summed E-state index contributed by atoms with van der Waals surface area (Å²) >= 11 is 3.33. The molecular weight excluding hydrogens is 490 g/mol. The molecule has 33 heavy (non-hydrogen) atoms. The first-order valence-corrected chi connectivity index (χ1v) is 11.3. The number of halogens is 1. The zero-order chi connectivity index (χ0) is 23.2. The van der Waals surface area contributed by atoms with E-state index in [0.717, 1.165) is 11.1 Å². The van der Waals surface area contributed by atoms with Crippen LogP contribution in [0.15, 0.2) is 59.3 Å². The first-order valence-electron chi connectivity index (χ1n) is 10.5. The first-order chi connectivity index (χ1) is 15.9. The molecule has 1 aliphatic carbocycles. The minimum absolute atomic E-state index is 0.0267. The number of aromatic nitrogens is 2. The molecule has 0 bridgehead atoms. The molecule has 1 saturated heterocycles. The number of carbonyl (C=O) groups is 2. The Balaban J connectivity index is 1.29. The van der Waals surface area contributed by atoms with Crippen LogP contribution in [0.25, 0.3) is 11.1 Å². The van der Waals surface area contributed by atoms with Crippen molar-refractivity contribution in [2.24, 2.45) is 7.05 Å². The van der Waals surface area contributed by atoms with Gasteiger partial charge in [0.1, 0.15) is 23.6 Å². The van der Waals surface area contributed by atoms with E-state index in [2.05, 4.69) is 45.2 Å². The number of benzene rings is 2. The van der Waals surface area contributed by atoms with E-state index < -0.39 is 24.3 Å². The van der Waals surface area contributed by atoms with E-state index in [1.807, 2.05) is 24.3 Å². The van der Waals surface area contributed by atoms with Crippen molar-refractivity contribution < 1.29 is 24.2 Å². The highest BCUT2D eigenvalue weighted by molar-refractivity contribution is 9.10. The number of carboxylic acids is 1. The van der Waals surface area contributed by atoms with Gasteiger partial charge in [0, 0.05) is 19.2 Å². The lowest BCUT2D eigenvalue weighted by atomic mass is 9.93. The number of nitrogens with zero attached hydrogens (tertiary/aromatic N) is 3.